The van der Waals surface area contributed by atoms with Crippen LogP contribution >= 0.6 is 0 Å². The zero-order chi connectivity index (χ0) is 17.6. The lowest BCUT2D eigenvalue weighted by Gasteiger charge is -2.37. The summed E-state index contributed by atoms with van der Waals surface area (Å²) < 4.78 is 0. The minimum absolute atomic E-state index is 0.0674. The number of amides is 3. The number of rotatable bonds is 3. The molecule has 136 valence electrons. The third-order valence-corrected chi connectivity index (χ3v) is 5.55. The lowest BCUT2D eigenvalue weighted by atomic mass is 9.91. The molecule has 1 aliphatic heterocycles. The lowest BCUT2D eigenvalue weighted by molar-refractivity contribution is -0.138. The molecule has 1 aromatic carbocycles. The number of urea groups is 1. The molecule has 5 nitrogen and oxygen atoms in total. The molecule has 5 heteroatoms. The number of carbonyl (C=O) groups excluding carboxylic acids is 2. The Morgan fingerprint density at radius 1 is 1.04 bits per heavy atom. The van der Waals surface area contributed by atoms with Crippen molar-refractivity contribution >= 4 is 17.6 Å². The molecular formula is C20H29N3O2. The Bertz CT molecular complexity index is 584. The van der Waals surface area contributed by atoms with Crippen molar-refractivity contribution in [1.29, 1.82) is 0 Å². The first-order chi connectivity index (χ1) is 12.1. The largest absolute Gasteiger partial charge is 0.342 e. The van der Waals surface area contributed by atoms with E-state index in [1.165, 1.54) is 19.3 Å². The molecule has 0 bridgehead atoms. The molecule has 1 saturated carbocycles. The molecule has 1 N–H and O–H groups in total. The van der Waals surface area contributed by atoms with Crippen molar-refractivity contribution in [3.05, 3.63) is 30.3 Å². The van der Waals surface area contributed by atoms with Gasteiger partial charge >= 0.3 is 6.03 Å². The number of nitrogens with one attached hydrogen (secondary N) is 1. The highest BCUT2D eigenvalue weighted by atomic mass is 16.2. The zero-order valence-corrected chi connectivity index (χ0v) is 15.1. The van der Waals surface area contributed by atoms with E-state index >= 15 is 0 Å². The minimum atomic E-state index is -0.107. The van der Waals surface area contributed by atoms with Crippen molar-refractivity contribution in [2.45, 2.75) is 51.0 Å². The molecule has 1 unspecified atom stereocenters. The number of piperidine rings is 1. The topological polar surface area (TPSA) is 52.7 Å². The highest BCUT2D eigenvalue weighted by Crippen LogP contribution is 2.25. The van der Waals surface area contributed by atoms with E-state index in [0.717, 1.165) is 37.9 Å². The van der Waals surface area contributed by atoms with Gasteiger partial charge in [-0.05, 0) is 37.8 Å². The number of hydrogen-bond acceptors (Lipinski definition) is 2. The fraction of sp³-hybridized carbons (Fsp3) is 0.600. The van der Waals surface area contributed by atoms with E-state index in [2.05, 4.69) is 5.32 Å². The van der Waals surface area contributed by atoms with E-state index in [4.69, 9.17) is 0 Å². The van der Waals surface area contributed by atoms with E-state index < -0.39 is 0 Å². The van der Waals surface area contributed by atoms with E-state index in [0.29, 0.717) is 12.6 Å². The van der Waals surface area contributed by atoms with Crippen LogP contribution in [-0.2, 0) is 4.79 Å². The van der Waals surface area contributed by atoms with Gasteiger partial charge in [-0.3, -0.25) is 4.79 Å². The van der Waals surface area contributed by atoms with Crippen LogP contribution in [0, 0.1) is 5.92 Å². The van der Waals surface area contributed by atoms with E-state index in [-0.39, 0.29) is 17.9 Å². The first kappa shape index (κ1) is 17.8. The molecule has 3 amide bonds. The second-order valence-corrected chi connectivity index (χ2v) is 7.32. The van der Waals surface area contributed by atoms with Gasteiger partial charge in [-0.1, -0.05) is 37.5 Å². The Kier molecular flexibility index (Phi) is 5.95. The van der Waals surface area contributed by atoms with Crippen LogP contribution in [-0.4, -0.2) is 47.9 Å². The van der Waals surface area contributed by atoms with Gasteiger partial charge in [-0.15, -0.1) is 0 Å². The Hall–Kier alpha value is -2.04. The molecule has 1 saturated heterocycles. The predicted octanol–water partition coefficient (Wildman–Crippen LogP) is 3.72. The summed E-state index contributed by atoms with van der Waals surface area (Å²) in [5.74, 6) is 0.145. The average molecular weight is 343 g/mol. The molecule has 1 heterocycles. The summed E-state index contributed by atoms with van der Waals surface area (Å²) in [6.07, 6.45) is 7.73. The molecule has 3 rings (SSSR count). The SMILES string of the molecule is CN(C(=O)C1CCCN(C(=O)Nc2ccccc2)C1)C1CCCCC1. The number of carbonyl (C=O) groups is 2. The molecule has 0 aromatic heterocycles. The molecular weight excluding hydrogens is 314 g/mol. The van der Waals surface area contributed by atoms with Gasteiger partial charge in [-0.25, -0.2) is 4.79 Å². The Labute approximate surface area is 150 Å². The summed E-state index contributed by atoms with van der Waals surface area (Å²) >= 11 is 0. The lowest BCUT2D eigenvalue weighted by Crippen LogP contribution is -2.49. The molecule has 1 aliphatic carbocycles. The summed E-state index contributed by atoms with van der Waals surface area (Å²) in [4.78, 5) is 29.1. The Morgan fingerprint density at radius 3 is 2.48 bits per heavy atom. The van der Waals surface area contributed by atoms with Gasteiger partial charge in [0.2, 0.25) is 5.91 Å². The Balaban J connectivity index is 1.56. The van der Waals surface area contributed by atoms with Gasteiger partial charge in [0.1, 0.15) is 0 Å². The summed E-state index contributed by atoms with van der Waals surface area (Å²) in [6, 6.07) is 9.75. The Morgan fingerprint density at radius 2 is 1.76 bits per heavy atom. The van der Waals surface area contributed by atoms with Gasteiger partial charge in [0, 0.05) is 31.9 Å². The normalized spacial score (nSPS) is 21.6. The van der Waals surface area contributed by atoms with Crippen molar-refractivity contribution in [3.8, 4) is 0 Å². The number of benzene rings is 1. The monoisotopic (exact) mass is 343 g/mol. The van der Waals surface area contributed by atoms with Crippen LogP contribution in [0.5, 0.6) is 0 Å². The standard InChI is InChI=1S/C20H29N3O2/c1-22(18-12-6-3-7-13-18)19(24)16-9-8-14-23(15-16)20(25)21-17-10-4-2-5-11-17/h2,4-5,10-11,16,18H,3,6-9,12-15H2,1H3,(H,21,25). The van der Waals surface area contributed by atoms with Crippen molar-refractivity contribution in [2.75, 3.05) is 25.5 Å². The van der Waals surface area contributed by atoms with Gasteiger partial charge in [0.15, 0.2) is 0 Å². The van der Waals surface area contributed by atoms with Crippen molar-refractivity contribution in [3.63, 3.8) is 0 Å². The highest BCUT2D eigenvalue weighted by Gasteiger charge is 2.32. The quantitative estimate of drug-likeness (QED) is 0.909. The van der Waals surface area contributed by atoms with Crippen LogP contribution in [0.1, 0.15) is 44.9 Å². The number of hydrogen-bond donors (Lipinski definition) is 1. The van der Waals surface area contributed by atoms with Crippen molar-refractivity contribution in [1.82, 2.24) is 9.80 Å². The maximum Gasteiger partial charge on any atom is 0.321 e. The number of likely N-dealkylation sites (tertiary alicyclic amines) is 1. The molecule has 0 spiro atoms. The van der Waals surface area contributed by atoms with E-state index in [1.807, 2.05) is 42.3 Å². The maximum atomic E-state index is 12.9. The molecule has 1 aromatic rings. The van der Waals surface area contributed by atoms with Crippen LogP contribution in [0.25, 0.3) is 0 Å². The summed E-state index contributed by atoms with van der Waals surface area (Å²) in [5.41, 5.74) is 0.792. The fourth-order valence-electron chi connectivity index (χ4n) is 4.02. The number of anilines is 1. The zero-order valence-electron chi connectivity index (χ0n) is 15.1. The number of nitrogens with zero attached hydrogens (tertiary/aromatic N) is 2. The van der Waals surface area contributed by atoms with Gasteiger partial charge in [-0.2, -0.15) is 0 Å². The smallest absolute Gasteiger partial charge is 0.321 e. The van der Waals surface area contributed by atoms with Crippen molar-refractivity contribution < 1.29 is 9.59 Å². The van der Waals surface area contributed by atoms with Crippen LogP contribution < -0.4 is 5.32 Å². The maximum absolute atomic E-state index is 12.9. The number of para-hydroxylation sites is 1. The summed E-state index contributed by atoms with van der Waals surface area (Å²) in [7, 11) is 1.95. The molecule has 2 fully saturated rings. The predicted molar refractivity (Wildman–Crippen MR) is 99.4 cm³/mol. The average Bonchev–Trinajstić information content (AvgIpc) is 2.68. The minimum Gasteiger partial charge on any atom is -0.342 e. The second-order valence-electron chi connectivity index (χ2n) is 7.32. The van der Waals surface area contributed by atoms with Crippen LogP contribution in [0.2, 0.25) is 0 Å². The third-order valence-electron chi connectivity index (χ3n) is 5.55. The van der Waals surface area contributed by atoms with E-state index in [1.54, 1.807) is 4.90 Å². The summed E-state index contributed by atoms with van der Waals surface area (Å²) in [5, 5.41) is 2.93. The fourth-order valence-corrected chi connectivity index (χ4v) is 4.02. The molecule has 25 heavy (non-hydrogen) atoms. The van der Waals surface area contributed by atoms with Crippen LogP contribution in [0.3, 0.4) is 0 Å². The first-order valence-corrected chi connectivity index (χ1v) is 9.53. The van der Waals surface area contributed by atoms with E-state index in [9.17, 15) is 9.59 Å². The van der Waals surface area contributed by atoms with Gasteiger partial charge < -0.3 is 15.1 Å². The van der Waals surface area contributed by atoms with Crippen LogP contribution in [0.15, 0.2) is 30.3 Å². The van der Waals surface area contributed by atoms with Crippen molar-refractivity contribution in [2.24, 2.45) is 5.92 Å². The molecule has 1 atom stereocenters. The molecule has 2 aliphatic rings. The summed E-state index contributed by atoms with van der Waals surface area (Å²) in [6.45, 7) is 1.24. The van der Waals surface area contributed by atoms with Crippen LogP contribution in [0.4, 0.5) is 10.5 Å². The third kappa shape index (κ3) is 4.53. The van der Waals surface area contributed by atoms with Gasteiger partial charge in [0.25, 0.3) is 0 Å². The second kappa shape index (κ2) is 8.37. The highest BCUT2D eigenvalue weighted by molar-refractivity contribution is 5.90. The van der Waals surface area contributed by atoms with Gasteiger partial charge in [0.05, 0.1) is 5.92 Å². The molecule has 0 radical (unpaired) electrons. The first-order valence-electron chi connectivity index (χ1n) is 9.53.